The number of hydrogen-bond donors (Lipinski definition) is 1. The molecule has 2 fully saturated rings. The molecule has 2 rings (SSSR count). The van der Waals surface area contributed by atoms with Crippen molar-refractivity contribution in [2.45, 2.75) is 70.9 Å². The molecule has 0 radical (unpaired) electrons. The lowest BCUT2D eigenvalue weighted by Crippen LogP contribution is -2.35. The van der Waals surface area contributed by atoms with Gasteiger partial charge in [0.25, 0.3) is 0 Å². The van der Waals surface area contributed by atoms with Crippen molar-refractivity contribution >= 4 is 0 Å². The summed E-state index contributed by atoms with van der Waals surface area (Å²) in [6.07, 6.45) is 10.2. The second-order valence-corrected chi connectivity index (χ2v) is 6.01. The van der Waals surface area contributed by atoms with Gasteiger partial charge in [0.2, 0.25) is 0 Å². The largest absolute Gasteiger partial charge is 0.378 e. The van der Waals surface area contributed by atoms with Crippen LogP contribution in [0.25, 0.3) is 0 Å². The first-order chi connectivity index (χ1) is 8.29. The van der Waals surface area contributed by atoms with Crippen LogP contribution in [0.2, 0.25) is 0 Å². The molecular weight excluding hydrogens is 210 g/mol. The smallest absolute Gasteiger partial charge is 0.0588 e. The van der Waals surface area contributed by atoms with Crippen LogP contribution in [0.1, 0.15) is 58.8 Å². The summed E-state index contributed by atoms with van der Waals surface area (Å²) in [5, 5.41) is 3.80. The molecule has 0 bridgehead atoms. The molecule has 1 heterocycles. The van der Waals surface area contributed by atoms with Gasteiger partial charge in [-0.15, -0.1) is 0 Å². The minimum absolute atomic E-state index is 0.469. The molecule has 2 nitrogen and oxygen atoms in total. The zero-order chi connectivity index (χ0) is 12.1. The van der Waals surface area contributed by atoms with E-state index in [1.54, 1.807) is 0 Å². The third kappa shape index (κ3) is 3.96. The van der Waals surface area contributed by atoms with Gasteiger partial charge in [-0.2, -0.15) is 0 Å². The number of hydrogen-bond acceptors (Lipinski definition) is 2. The van der Waals surface area contributed by atoms with E-state index in [9.17, 15) is 0 Å². The topological polar surface area (TPSA) is 21.3 Å². The van der Waals surface area contributed by atoms with Gasteiger partial charge in [0.15, 0.2) is 0 Å². The van der Waals surface area contributed by atoms with Gasteiger partial charge in [-0.1, -0.05) is 26.2 Å². The Morgan fingerprint density at radius 3 is 2.71 bits per heavy atom. The lowest BCUT2D eigenvalue weighted by atomic mass is 9.97. The van der Waals surface area contributed by atoms with Gasteiger partial charge in [0.05, 0.1) is 6.10 Å². The predicted molar refractivity (Wildman–Crippen MR) is 72.2 cm³/mol. The summed E-state index contributed by atoms with van der Waals surface area (Å²) in [6, 6.07) is 0.777. The lowest BCUT2D eigenvalue weighted by Gasteiger charge is -2.21. The average Bonchev–Trinajstić information content (AvgIpc) is 2.63. The van der Waals surface area contributed by atoms with E-state index in [-0.39, 0.29) is 0 Å². The zero-order valence-corrected chi connectivity index (χ0v) is 11.6. The molecule has 17 heavy (non-hydrogen) atoms. The summed E-state index contributed by atoms with van der Waals surface area (Å²) in [4.78, 5) is 0. The van der Waals surface area contributed by atoms with Crippen molar-refractivity contribution in [1.29, 1.82) is 0 Å². The summed E-state index contributed by atoms with van der Waals surface area (Å²) in [7, 11) is 0. The molecular formula is C15H29NO. The van der Waals surface area contributed by atoms with E-state index >= 15 is 0 Å². The van der Waals surface area contributed by atoms with Crippen molar-refractivity contribution in [3.8, 4) is 0 Å². The molecule has 0 aromatic carbocycles. The maximum atomic E-state index is 5.62. The second-order valence-electron chi connectivity index (χ2n) is 6.01. The van der Waals surface area contributed by atoms with Crippen LogP contribution in [0, 0.1) is 11.8 Å². The highest BCUT2D eigenvalue weighted by molar-refractivity contribution is 4.79. The number of ether oxygens (including phenoxy) is 1. The molecule has 100 valence electrons. The molecule has 2 heteroatoms. The minimum Gasteiger partial charge on any atom is -0.378 e. The molecule has 0 aromatic heterocycles. The first kappa shape index (κ1) is 13.4. The Labute approximate surface area is 107 Å². The maximum Gasteiger partial charge on any atom is 0.0588 e. The SMILES string of the molecule is CCC1CCCC(NCC2CCOC2C)CC1. The van der Waals surface area contributed by atoms with Crippen LogP contribution in [-0.2, 0) is 4.74 Å². The molecule has 0 aromatic rings. The minimum atomic E-state index is 0.469. The van der Waals surface area contributed by atoms with Crippen LogP contribution in [0.3, 0.4) is 0 Å². The van der Waals surface area contributed by atoms with Crippen LogP contribution >= 0.6 is 0 Å². The van der Waals surface area contributed by atoms with E-state index in [4.69, 9.17) is 4.74 Å². The first-order valence-electron chi connectivity index (χ1n) is 7.64. The summed E-state index contributed by atoms with van der Waals surface area (Å²) >= 11 is 0. The van der Waals surface area contributed by atoms with E-state index in [1.807, 2.05) is 0 Å². The first-order valence-corrected chi connectivity index (χ1v) is 7.64. The third-order valence-electron chi connectivity index (χ3n) is 4.87. The molecule has 1 aliphatic heterocycles. The highest BCUT2D eigenvalue weighted by Gasteiger charge is 2.25. The molecule has 1 N–H and O–H groups in total. The third-order valence-corrected chi connectivity index (χ3v) is 4.87. The Hall–Kier alpha value is -0.0800. The van der Waals surface area contributed by atoms with Crippen LogP contribution in [-0.4, -0.2) is 25.3 Å². The molecule has 0 amide bonds. The van der Waals surface area contributed by atoms with Crippen molar-refractivity contribution in [2.24, 2.45) is 11.8 Å². The van der Waals surface area contributed by atoms with Crippen LogP contribution in [0.4, 0.5) is 0 Å². The van der Waals surface area contributed by atoms with Crippen LogP contribution in [0.5, 0.6) is 0 Å². The van der Waals surface area contributed by atoms with Crippen molar-refractivity contribution < 1.29 is 4.74 Å². The van der Waals surface area contributed by atoms with E-state index in [0.29, 0.717) is 6.10 Å². The van der Waals surface area contributed by atoms with E-state index in [2.05, 4.69) is 19.2 Å². The van der Waals surface area contributed by atoms with Crippen molar-refractivity contribution in [1.82, 2.24) is 5.32 Å². The van der Waals surface area contributed by atoms with Gasteiger partial charge in [-0.3, -0.25) is 0 Å². The van der Waals surface area contributed by atoms with Gasteiger partial charge in [-0.25, -0.2) is 0 Å². The van der Waals surface area contributed by atoms with Crippen molar-refractivity contribution in [3.63, 3.8) is 0 Å². The molecule has 4 unspecified atom stereocenters. The fraction of sp³-hybridized carbons (Fsp3) is 1.00. The number of rotatable bonds is 4. The summed E-state index contributed by atoms with van der Waals surface area (Å²) in [5.41, 5.74) is 0. The fourth-order valence-corrected chi connectivity index (χ4v) is 3.35. The molecule has 2 aliphatic rings. The van der Waals surface area contributed by atoms with Crippen molar-refractivity contribution in [3.05, 3.63) is 0 Å². The zero-order valence-electron chi connectivity index (χ0n) is 11.6. The fourth-order valence-electron chi connectivity index (χ4n) is 3.35. The average molecular weight is 239 g/mol. The highest BCUT2D eigenvalue weighted by atomic mass is 16.5. The molecule has 4 atom stereocenters. The Balaban J connectivity index is 1.68. The quantitative estimate of drug-likeness (QED) is 0.760. The monoisotopic (exact) mass is 239 g/mol. The van der Waals surface area contributed by atoms with Crippen LogP contribution in [0.15, 0.2) is 0 Å². The molecule has 1 saturated carbocycles. The summed E-state index contributed by atoms with van der Waals surface area (Å²) in [6.45, 7) is 6.70. The maximum absolute atomic E-state index is 5.62. The van der Waals surface area contributed by atoms with E-state index in [0.717, 1.165) is 24.5 Å². The standard InChI is InChI=1S/C15H29NO/c1-3-13-5-4-6-15(8-7-13)16-11-14-9-10-17-12(14)2/h12-16H,3-11H2,1-2H3. The van der Waals surface area contributed by atoms with Gasteiger partial charge < -0.3 is 10.1 Å². The Kier molecular flexibility index (Phi) is 5.30. The second kappa shape index (κ2) is 6.75. The Morgan fingerprint density at radius 2 is 2.00 bits per heavy atom. The van der Waals surface area contributed by atoms with Crippen LogP contribution < -0.4 is 5.32 Å². The van der Waals surface area contributed by atoms with Crippen molar-refractivity contribution in [2.75, 3.05) is 13.2 Å². The van der Waals surface area contributed by atoms with E-state index < -0.39 is 0 Å². The highest BCUT2D eigenvalue weighted by Crippen LogP contribution is 2.26. The normalized spacial score (nSPS) is 39.2. The molecule has 1 saturated heterocycles. The lowest BCUT2D eigenvalue weighted by molar-refractivity contribution is 0.104. The van der Waals surface area contributed by atoms with Gasteiger partial charge in [0, 0.05) is 19.2 Å². The van der Waals surface area contributed by atoms with Gasteiger partial charge >= 0.3 is 0 Å². The Bertz CT molecular complexity index is 219. The predicted octanol–water partition coefficient (Wildman–Crippen LogP) is 3.36. The Morgan fingerprint density at radius 1 is 1.12 bits per heavy atom. The molecule has 1 aliphatic carbocycles. The summed E-state index contributed by atoms with van der Waals surface area (Å²) < 4.78 is 5.62. The van der Waals surface area contributed by atoms with E-state index in [1.165, 1.54) is 51.5 Å². The summed E-state index contributed by atoms with van der Waals surface area (Å²) in [5.74, 6) is 1.75. The number of nitrogens with one attached hydrogen (secondary N) is 1. The van der Waals surface area contributed by atoms with Gasteiger partial charge in [0.1, 0.15) is 0 Å². The van der Waals surface area contributed by atoms with Gasteiger partial charge in [-0.05, 0) is 44.4 Å². The molecule has 0 spiro atoms.